The highest BCUT2D eigenvalue weighted by Crippen LogP contribution is 2.39. The summed E-state index contributed by atoms with van der Waals surface area (Å²) >= 11 is 0. The largest absolute Gasteiger partial charge is 0.513 e. The van der Waals surface area contributed by atoms with Gasteiger partial charge in [0, 0.05) is 54.0 Å². The fourth-order valence-corrected chi connectivity index (χ4v) is 5.33. The number of carbonyl (C=O) groups excluding carboxylic acids is 1. The first-order chi connectivity index (χ1) is 20.2. The molecule has 7 heteroatoms. The molecular weight excluding hydrogens is 526 g/mol. The van der Waals surface area contributed by atoms with Crippen LogP contribution in [-0.2, 0) is 0 Å². The highest BCUT2D eigenvalue weighted by atomic mass is 16.5. The standard InChI is InChI=1S/C35H43N3O4/c1-7-8-9-11-23(2)32(37-28-16-13-26(14-17-28)35(40)38(5)21-19-24(3)39)33-25(4)30-22-27(15-18-31(30)42-33)29-12-10-20-36-34(29)41-6/h10,12-18,20,22-23,32,37,39H,3,7-9,11,19,21H2,1-2,4-6H3. The van der Waals surface area contributed by atoms with Crippen LogP contribution in [0, 0.1) is 12.8 Å². The van der Waals surface area contributed by atoms with Crippen LogP contribution in [0.1, 0.15) is 73.7 Å². The number of aromatic nitrogens is 1. The van der Waals surface area contributed by atoms with E-state index in [-0.39, 0.29) is 17.7 Å². The normalized spacial score (nSPS) is 12.6. The summed E-state index contributed by atoms with van der Waals surface area (Å²) in [5.41, 5.74) is 5.43. The number of furan rings is 1. The molecule has 2 aromatic heterocycles. The third-order valence-corrected chi connectivity index (χ3v) is 7.90. The molecule has 2 N–H and O–H groups in total. The first kappa shape index (κ1) is 30.7. The summed E-state index contributed by atoms with van der Waals surface area (Å²) in [4.78, 5) is 18.8. The minimum absolute atomic E-state index is 0.0505. The van der Waals surface area contributed by atoms with E-state index in [9.17, 15) is 9.90 Å². The number of anilines is 1. The van der Waals surface area contributed by atoms with Gasteiger partial charge < -0.3 is 24.5 Å². The van der Waals surface area contributed by atoms with Gasteiger partial charge in [0.15, 0.2) is 0 Å². The molecule has 4 aromatic rings. The van der Waals surface area contributed by atoms with Crippen molar-refractivity contribution in [3.8, 4) is 17.0 Å². The van der Waals surface area contributed by atoms with Gasteiger partial charge in [0.05, 0.1) is 18.9 Å². The van der Waals surface area contributed by atoms with Crippen LogP contribution < -0.4 is 10.1 Å². The summed E-state index contributed by atoms with van der Waals surface area (Å²) in [6, 6.07) is 17.7. The Morgan fingerprint density at radius 3 is 2.62 bits per heavy atom. The Morgan fingerprint density at radius 1 is 1.17 bits per heavy atom. The van der Waals surface area contributed by atoms with Crippen molar-refractivity contribution in [3.63, 3.8) is 0 Å². The average Bonchev–Trinajstić information content (AvgIpc) is 3.33. The van der Waals surface area contributed by atoms with Crippen molar-refractivity contribution in [2.24, 2.45) is 5.92 Å². The van der Waals surface area contributed by atoms with Gasteiger partial charge in [0.2, 0.25) is 5.88 Å². The Bertz CT molecular complexity index is 1510. The number of aliphatic hydroxyl groups excluding tert-OH is 1. The molecule has 222 valence electrons. The van der Waals surface area contributed by atoms with Crippen molar-refractivity contribution in [1.29, 1.82) is 0 Å². The van der Waals surface area contributed by atoms with Crippen molar-refractivity contribution >= 4 is 22.6 Å². The summed E-state index contributed by atoms with van der Waals surface area (Å²) < 4.78 is 12.1. The lowest BCUT2D eigenvalue weighted by atomic mass is 9.91. The summed E-state index contributed by atoms with van der Waals surface area (Å²) in [6.07, 6.45) is 6.67. The molecule has 2 aromatic carbocycles. The number of hydrogen-bond donors (Lipinski definition) is 2. The van der Waals surface area contributed by atoms with Crippen LogP contribution in [0.5, 0.6) is 5.88 Å². The molecule has 7 nitrogen and oxygen atoms in total. The topological polar surface area (TPSA) is 87.8 Å². The van der Waals surface area contributed by atoms with Gasteiger partial charge in [-0.25, -0.2) is 4.98 Å². The first-order valence-corrected chi connectivity index (χ1v) is 14.7. The van der Waals surface area contributed by atoms with E-state index in [0.717, 1.165) is 51.9 Å². The van der Waals surface area contributed by atoms with E-state index >= 15 is 0 Å². The number of aliphatic hydroxyl groups is 1. The van der Waals surface area contributed by atoms with E-state index < -0.39 is 0 Å². The summed E-state index contributed by atoms with van der Waals surface area (Å²) in [7, 11) is 3.36. The second kappa shape index (κ2) is 14.1. The minimum Gasteiger partial charge on any atom is -0.513 e. The lowest BCUT2D eigenvalue weighted by Crippen LogP contribution is -2.28. The van der Waals surface area contributed by atoms with E-state index in [0.29, 0.717) is 30.3 Å². The van der Waals surface area contributed by atoms with Crippen LogP contribution in [0.3, 0.4) is 0 Å². The number of nitrogens with one attached hydrogen (secondary N) is 1. The second-order valence-corrected chi connectivity index (χ2v) is 11.1. The fourth-order valence-electron chi connectivity index (χ4n) is 5.33. The maximum Gasteiger partial charge on any atom is 0.253 e. The Kier molecular flexibility index (Phi) is 10.3. The van der Waals surface area contributed by atoms with E-state index in [1.165, 1.54) is 12.8 Å². The van der Waals surface area contributed by atoms with Gasteiger partial charge in [-0.3, -0.25) is 4.79 Å². The van der Waals surface area contributed by atoms with Crippen molar-refractivity contribution < 1.29 is 19.1 Å². The summed E-state index contributed by atoms with van der Waals surface area (Å²) in [5.74, 6) is 1.80. The summed E-state index contributed by atoms with van der Waals surface area (Å²) in [5, 5.41) is 14.2. The molecule has 0 radical (unpaired) electrons. The SMILES string of the molecule is C=C(O)CCN(C)C(=O)c1ccc(NC(c2oc3ccc(-c4cccnc4OC)cc3c2C)C(C)CCCCC)cc1. The number of fused-ring (bicyclic) bond motifs is 1. The van der Waals surface area contributed by atoms with Gasteiger partial charge in [0.25, 0.3) is 5.91 Å². The maximum absolute atomic E-state index is 12.8. The van der Waals surface area contributed by atoms with Crippen molar-refractivity contribution in [2.75, 3.05) is 26.0 Å². The molecule has 0 bridgehead atoms. The van der Waals surface area contributed by atoms with Crippen molar-refractivity contribution in [3.05, 3.63) is 90.0 Å². The number of benzene rings is 2. The zero-order valence-corrected chi connectivity index (χ0v) is 25.4. The molecule has 42 heavy (non-hydrogen) atoms. The van der Waals surface area contributed by atoms with Crippen LogP contribution in [0.2, 0.25) is 0 Å². The van der Waals surface area contributed by atoms with Gasteiger partial charge in [0.1, 0.15) is 11.3 Å². The van der Waals surface area contributed by atoms with Crippen LogP contribution >= 0.6 is 0 Å². The van der Waals surface area contributed by atoms with E-state index in [2.05, 4.69) is 43.7 Å². The molecule has 1 amide bonds. The number of ether oxygens (including phenoxy) is 1. The highest BCUT2D eigenvalue weighted by molar-refractivity contribution is 5.94. The molecule has 2 unspecified atom stereocenters. The average molecular weight is 570 g/mol. The number of rotatable bonds is 14. The Balaban J connectivity index is 1.63. The monoisotopic (exact) mass is 569 g/mol. The number of hydrogen-bond acceptors (Lipinski definition) is 6. The Labute approximate surface area is 249 Å². The number of pyridine rings is 1. The zero-order valence-electron chi connectivity index (χ0n) is 25.4. The summed E-state index contributed by atoms with van der Waals surface area (Å²) in [6.45, 7) is 10.5. The number of carbonyl (C=O) groups is 1. The third kappa shape index (κ3) is 7.14. The smallest absolute Gasteiger partial charge is 0.253 e. The molecule has 0 saturated carbocycles. The predicted octanol–water partition coefficient (Wildman–Crippen LogP) is 8.72. The molecule has 0 aliphatic rings. The number of nitrogens with zero attached hydrogens (tertiary/aromatic N) is 2. The van der Waals surface area contributed by atoms with Crippen LogP contribution in [0.15, 0.2) is 77.5 Å². The van der Waals surface area contributed by atoms with E-state index in [1.54, 1.807) is 25.3 Å². The molecular formula is C35H43N3O4. The van der Waals surface area contributed by atoms with Gasteiger partial charge >= 0.3 is 0 Å². The van der Waals surface area contributed by atoms with Crippen molar-refractivity contribution in [2.45, 2.75) is 58.9 Å². The lowest BCUT2D eigenvalue weighted by molar-refractivity contribution is 0.0793. The Morgan fingerprint density at radius 2 is 1.93 bits per heavy atom. The number of amides is 1. The molecule has 0 fully saturated rings. The maximum atomic E-state index is 12.8. The number of unbranched alkanes of at least 4 members (excludes halogenated alkanes) is 2. The van der Waals surface area contributed by atoms with Crippen LogP contribution in [0.4, 0.5) is 5.69 Å². The third-order valence-electron chi connectivity index (χ3n) is 7.90. The van der Waals surface area contributed by atoms with Gasteiger partial charge in [-0.15, -0.1) is 0 Å². The van der Waals surface area contributed by atoms with Crippen LogP contribution in [-0.4, -0.2) is 41.6 Å². The molecule has 0 saturated heterocycles. The van der Waals surface area contributed by atoms with Gasteiger partial charge in [-0.1, -0.05) is 45.8 Å². The van der Waals surface area contributed by atoms with E-state index in [1.807, 2.05) is 48.5 Å². The van der Waals surface area contributed by atoms with Crippen molar-refractivity contribution in [1.82, 2.24) is 9.88 Å². The zero-order chi connectivity index (χ0) is 30.2. The number of aryl methyl sites for hydroxylation is 1. The molecule has 4 rings (SSSR count). The molecule has 0 aliphatic carbocycles. The molecule has 2 atom stereocenters. The first-order valence-electron chi connectivity index (χ1n) is 14.7. The highest BCUT2D eigenvalue weighted by Gasteiger charge is 2.26. The predicted molar refractivity (Wildman–Crippen MR) is 170 cm³/mol. The van der Waals surface area contributed by atoms with Gasteiger partial charge in [-0.05, 0) is 73.4 Å². The Hall–Kier alpha value is -4.26. The minimum atomic E-state index is -0.0959. The van der Waals surface area contributed by atoms with Crippen LogP contribution in [0.25, 0.3) is 22.1 Å². The fraction of sp³-hybridized carbons (Fsp3) is 0.371. The van der Waals surface area contributed by atoms with E-state index in [4.69, 9.17) is 9.15 Å². The lowest BCUT2D eigenvalue weighted by Gasteiger charge is -2.26. The molecule has 0 aliphatic heterocycles. The number of methoxy groups -OCH3 is 1. The molecule has 2 heterocycles. The second-order valence-electron chi connectivity index (χ2n) is 11.1. The molecule has 0 spiro atoms. The quantitative estimate of drug-likeness (QED) is 0.117. The van der Waals surface area contributed by atoms with Gasteiger partial charge in [-0.2, -0.15) is 0 Å².